The van der Waals surface area contributed by atoms with Gasteiger partial charge in [-0.05, 0) is 31.8 Å². The molecule has 0 aliphatic rings. The van der Waals surface area contributed by atoms with E-state index in [0.717, 1.165) is 29.6 Å². The number of nitrogens with one attached hydrogen (secondary N) is 1. The van der Waals surface area contributed by atoms with Crippen LogP contribution in [0.15, 0.2) is 53.7 Å². The Bertz CT molecular complexity index is 706. The lowest BCUT2D eigenvalue weighted by atomic mass is 10.1. The third-order valence-corrected chi connectivity index (χ3v) is 4.66. The van der Waals surface area contributed by atoms with E-state index >= 15 is 0 Å². The van der Waals surface area contributed by atoms with Crippen molar-refractivity contribution in [3.05, 3.63) is 59.8 Å². The van der Waals surface area contributed by atoms with E-state index in [9.17, 15) is 18.0 Å². The number of hydrogen-bond donors (Lipinski definition) is 1. The van der Waals surface area contributed by atoms with Gasteiger partial charge in [0.05, 0.1) is 22.4 Å². The van der Waals surface area contributed by atoms with Gasteiger partial charge in [-0.25, -0.2) is 4.98 Å². The van der Waals surface area contributed by atoms with Crippen molar-refractivity contribution in [1.82, 2.24) is 15.2 Å². The maximum absolute atomic E-state index is 12.5. The number of carbonyl (C=O) groups is 1. The SMILES string of the molecule is CN(C)C(CNC(=O)CSc1ccc(C(F)(F)F)cn1)c1ccccc1. The monoisotopic (exact) mass is 383 g/mol. The zero-order valence-electron chi connectivity index (χ0n) is 14.5. The van der Waals surface area contributed by atoms with E-state index in [0.29, 0.717) is 11.6 Å². The highest BCUT2D eigenvalue weighted by molar-refractivity contribution is 7.99. The van der Waals surface area contributed by atoms with Crippen molar-refractivity contribution in [2.75, 3.05) is 26.4 Å². The molecule has 0 spiro atoms. The number of hydrogen-bond acceptors (Lipinski definition) is 4. The van der Waals surface area contributed by atoms with Crippen molar-refractivity contribution in [3.63, 3.8) is 0 Å². The number of halogens is 3. The third kappa shape index (κ3) is 6.03. The first kappa shape index (κ1) is 20.3. The molecule has 0 fully saturated rings. The Hall–Kier alpha value is -2.06. The summed E-state index contributed by atoms with van der Waals surface area (Å²) >= 11 is 1.10. The van der Waals surface area contributed by atoms with Crippen molar-refractivity contribution in [3.8, 4) is 0 Å². The minimum atomic E-state index is -4.41. The summed E-state index contributed by atoms with van der Waals surface area (Å²) < 4.78 is 37.5. The number of rotatable bonds is 7. The molecule has 140 valence electrons. The van der Waals surface area contributed by atoms with Gasteiger partial charge in [0.25, 0.3) is 0 Å². The Morgan fingerprint density at radius 2 is 1.88 bits per heavy atom. The molecule has 1 atom stereocenters. The fourth-order valence-electron chi connectivity index (χ4n) is 2.31. The average molecular weight is 383 g/mol. The van der Waals surface area contributed by atoms with Gasteiger partial charge in [-0.3, -0.25) is 4.79 Å². The Labute approximate surface area is 154 Å². The third-order valence-electron chi connectivity index (χ3n) is 3.72. The Morgan fingerprint density at radius 3 is 2.42 bits per heavy atom. The predicted molar refractivity (Wildman–Crippen MR) is 95.8 cm³/mol. The van der Waals surface area contributed by atoms with Gasteiger partial charge in [0, 0.05) is 12.7 Å². The van der Waals surface area contributed by atoms with Crippen molar-refractivity contribution in [1.29, 1.82) is 0 Å². The quantitative estimate of drug-likeness (QED) is 0.742. The standard InChI is InChI=1S/C18H20F3N3OS/c1-24(2)15(13-6-4-3-5-7-13)11-22-16(25)12-26-17-9-8-14(10-23-17)18(19,20)21/h3-10,15H,11-12H2,1-2H3,(H,22,25). The van der Waals surface area contributed by atoms with Crippen LogP contribution in [-0.2, 0) is 11.0 Å². The fraction of sp³-hybridized carbons (Fsp3) is 0.333. The highest BCUT2D eigenvalue weighted by Gasteiger charge is 2.30. The summed E-state index contributed by atoms with van der Waals surface area (Å²) in [6.45, 7) is 0.441. The number of likely N-dealkylation sites (N-methyl/N-ethyl adjacent to an activating group) is 1. The van der Waals surface area contributed by atoms with Crippen LogP contribution in [0.25, 0.3) is 0 Å². The molecule has 0 saturated carbocycles. The largest absolute Gasteiger partial charge is 0.417 e. The molecule has 8 heteroatoms. The lowest BCUT2D eigenvalue weighted by Gasteiger charge is -2.25. The molecule has 0 saturated heterocycles. The van der Waals surface area contributed by atoms with E-state index in [-0.39, 0.29) is 17.7 Å². The Balaban J connectivity index is 1.84. The molecule has 1 amide bonds. The minimum absolute atomic E-state index is 0.0364. The molecule has 0 aliphatic carbocycles. The van der Waals surface area contributed by atoms with Crippen LogP contribution >= 0.6 is 11.8 Å². The Kier molecular flexibility index (Phi) is 7.05. The number of benzene rings is 1. The molecule has 2 rings (SSSR count). The molecular formula is C18H20F3N3OS. The molecule has 0 bridgehead atoms. The van der Waals surface area contributed by atoms with Crippen molar-refractivity contribution < 1.29 is 18.0 Å². The van der Waals surface area contributed by atoms with Crippen molar-refractivity contribution in [2.45, 2.75) is 17.2 Å². The molecule has 0 aliphatic heterocycles. The molecule has 1 N–H and O–H groups in total. The second kappa shape index (κ2) is 9.05. The summed E-state index contributed by atoms with van der Waals surface area (Å²) in [6, 6.07) is 12.1. The van der Waals surface area contributed by atoms with Crippen molar-refractivity contribution in [2.24, 2.45) is 0 Å². The van der Waals surface area contributed by atoms with Gasteiger partial charge in [0.15, 0.2) is 0 Å². The van der Waals surface area contributed by atoms with E-state index in [1.165, 1.54) is 6.07 Å². The normalized spacial score (nSPS) is 12.8. The number of carbonyl (C=O) groups excluding carboxylic acids is 1. The van der Waals surface area contributed by atoms with Gasteiger partial charge in [0.2, 0.25) is 5.91 Å². The number of aromatic nitrogens is 1. The molecule has 1 aromatic carbocycles. The molecule has 1 heterocycles. The first-order valence-electron chi connectivity index (χ1n) is 7.91. The second-order valence-electron chi connectivity index (χ2n) is 5.87. The van der Waals surface area contributed by atoms with Crippen LogP contribution in [-0.4, -0.2) is 42.2 Å². The van der Waals surface area contributed by atoms with Gasteiger partial charge >= 0.3 is 6.18 Å². The van der Waals surface area contributed by atoms with Crippen LogP contribution in [0.1, 0.15) is 17.2 Å². The fourth-order valence-corrected chi connectivity index (χ4v) is 2.98. The topological polar surface area (TPSA) is 45.2 Å². The number of pyridine rings is 1. The summed E-state index contributed by atoms with van der Waals surface area (Å²) in [4.78, 5) is 17.8. The number of thioether (sulfide) groups is 1. The maximum atomic E-state index is 12.5. The summed E-state index contributed by atoms with van der Waals surface area (Å²) in [7, 11) is 3.87. The van der Waals surface area contributed by atoms with Crippen LogP contribution in [0, 0.1) is 0 Å². The number of nitrogens with zero attached hydrogens (tertiary/aromatic N) is 2. The average Bonchev–Trinajstić information content (AvgIpc) is 2.60. The summed E-state index contributed by atoms with van der Waals surface area (Å²) in [5, 5.41) is 3.23. The molecule has 4 nitrogen and oxygen atoms in total. The van der Waals surface area contributed by atoms with Gasteiger partial charge in [-0.2, -0.15) is 13.2 Å². The Morgan fingerprint density at radius 1 is 1.19 bits per heavy atom. The molecular weight excluding hydrogens is 363 g/mol. The molecule has 1 unspecified atom stereocenters. The van der Waals surface area contributed by atoms with Gasteiger partial charge in [-0.1, -0.05) is 42.1 Å². The highest BCUT2D eigenvalue weighted by atomic mass is 32.2. The first-order valence-corrected chi connectivity index (χ1v) is 8.90. The van der Waals surface area contributed by atoms with Crippen LogP contribution in [0.5, 0.6) is 0 Å². The smallest absolute Gasteiger partial charge is 0.353 e. The molecule has 26 heavy (non-hydrogen) atoms. The van der Waals surface area contributed by atoms with Crippen LogP contribution in [0.3, 0.4) is 0 Å². The van der Waals surface area contributed by atoms with E-state index in [1.54, 1.807) is 0 Å². The summed E-state index contributed by atoms with van der Waals surface area (Å²) in [5.41, 5.74) is 0.290. The van der Waals surface area contributed by atoms with Crippen LogP contribution in [0.4, 0.5) is 13.2 Å². The second-order valence-corrected chi connectivity index (χ2v) is 6.86. The first-order chi connectivity index (χ1) is 12.3. The number of amides is 1. The summed E-state index contributed by atoms with van der Waals surface area (Å²) in [6.07, 6.45) is -3.64. The molecule has 1 aromatic heterocycles. The van der Waals surface area contributed by atoms with E-state index in [1.807, 2.05) is 49.3 Å². The minimum Gasteiger partial charge on any atom is -0.353 e. The van der Waals surface area contributed by atoms with Crippen molar-refractivity contribution >= 4 is 17.7 Å². The van der Waals surface area contributed by atoms with Crippen LogP contribution in [0.2, 0.25) is 0 Å². The van der Waals surface area contributed by atoms with Gasteiger partial charge < -0.3 is 10.2 Å². The number of alkyl halides is 3. The van der Waals surface area contributed by atoms with Gasteiger partial charge in [0.1, 0.15) is 0 Å². The lowest BCUT2D eigenvalue weighted by molar-refractivity contribution is -0.137. The highest BCUT2D eigenvalue weighted by Crippen LogP contribution is 2.29. The lowest BCUT2D eigenvalue weighted by Crippen LogP contribution is -2.35. The molecule has 0 radical (unpaired) electrons. The van der Waals surface area contributed by atoms with E-state index in [4.69, 9.17) is 0 Å². The zero-order valence-corrected chi connectivity index (χ0v) is 15.3. The zero-order chi connectivity index (χ0) is 19.2. The summed E-state index contributed by atoms with van der Waals surface area (Å²) in [5.74, 6) is -0.104. The van der Waals surface area contributed by atoms with E-state index in [2.05, 4.69) is 10.3 Å². The predicted octanol–water partition coefficient (Wildman–Crippen LogP) is 3.61. The molecule has 2 aromatic rings. The van der Waals surface area contributed by atoms with E-state index < -0.39 is 11.7 Å². The van der Waals surface area contributed by atoms with Gasteiger partial charge in [-0.15, -0.1) is 0 Å². The van der Waals surface area contributed by atoms with Crippen LogP contribution < -0.4 is 5.32 Å². The maximum Gasteiger partial charge on any atom is 0.417 e.